The van der Waals surface area contributed by atoms with Gasteiger partial charge in [0.1, 0.15) is 11.6 Å². The van der Waals surface area contributed by atoms with E-state index in [0.717, 1.165) is 198 Å². The van der Waals surface area contributed by atoms with Crippen LogP contribution in [0.1, 0.15) is 22.5 Å². The molecule has 14 nitrogen and oxygen atoms in total. The topological polar surface area (TPSA) is 122 Å². The molecule has 6 aliphatic heterocycles. The lowest BCUT2D eigenvalue weighted by atomic mass is 10.2. The fraction of sp³-hybridized carbons (Fsp3) is 0.407. The fourth-order valence-electron chi connectivity index (χ4n) is 9.60. The van der Waals surface area contributed by atoms with Crippen LogP contribution in [-0.4, -0.2) is 146 Å². The Balaban J connectivity index is 0.000000141. The average Bonchev–Trinajstić information content (AvgIpc) is 4.12. The van der Waals surface area contributed by atoms with Crippen molar-refractivity contribution < 1.29 is 9.47 Å². The molecule has 0 atom stereocenters. The Kier molecular flexibility index (Phi) is 18.3. The molecule has 0 aliphatic carbocycles. The Morgan fingerprint density at radius 2 is 0.973 bits per heavy atom. The van der Waals surface area contributed by atoms with Crippen LogP contribution in [0.5, 0.6) is 0 Å². The maximum atomic E-state index is 6.07. The molecule has 0 amide bonds. The molecule has 0 radical (unpaired) electrons. The number of anilines is 7. The largest absolute Gasteiger partial charge is 0.379 e. The smallest absolute Gasteiger partial charge is 0.227 e. The van der Waals surface area contributed by atoms with Gasteiger partial charge in [0.25, 0.3) is 0 Å². The number of aromatic nitrogens is 4. The van der Waals surface area contributed by atoms with Gasteiger partial charge in [-0.15, -0.1) is 23.5 Å². The maximum absolute atomic E-state index is 6.07. The van der Waals surface area contributed by atoms with Crippen molar-refractivity contribution >= 4 is 98.7 Å². The summed E-state index contributed by atoms with van der Waals surface area (Å²) in [5, 5.41) is 12.3. The molecule has 4 aromatic carbocycles. The SMILES string of the molecule is Clc1ccc(N2CCN(c3nc4c(c(Nc5cccc(CN6CCOCC6)c5)n3)SCC4)CC2)cc1.Clc1ccc(N2CCNCC2)cc1.Clc1nc2c(c(Nc3cccc(CN4CCOCC4)c3)n1)SCC2. The van der Waals surface area contributed by atoms with E-state index in [9.17, 15) is 0 Å². The summed E-state index contributed by atoms with van der Waals surface area (Å²) in [6, 6.07) is 33.3. The molecular formula is C54H63Cl3N12O2S2. The third kappa shape index (κ3) is 14.4. The molecule has 6 aromatic rings. The second-order valence-corrected chi connectivity index (χ2v) is 22.0. The number of hydrogen-bond acceptors (Lipinski definition) is 16. The van der Waals surface area contributed by atoms with E-state index in [4.69, 9.17) is 54.2 Å². The van der Waals surface area contributed by atoms with Gasteiger partial charge in [-0.2, -0.15) is 9.97 Å². The number of nitrogens with one attached hydrogen (secondary N) is 3. The van der Waals surface area contributed by atoms with Crippen LogP contribution in [0.2, 0.25) is 15.3 Å². The highest BCUT2D eigenvalue weighted by Crippen LogP contribution is 2.39. The van der Waals surface area contributed by atoms with Crippen LogP contribution < -0.4 is 30.7 Å². The number of nitrogens with zero attached hydrogens (tertiary/aromatic N) is 9. The molecule has 4 saturated heterocycles. The summed E-state index contributed by atoms with van der Waals surface area (Å²) >= 11 is 21.6. The summed E-state index contributed by atoms with van der Waals surface area (Å²) in [5.41, 5.74) is 9.39. The van der Waals surface area contributed by atoms with E-state index in [1.54, 1.807) is 11.8 Å². The first-order valence-electron chi connectivity index (χ1n) is 25.4. The number of fused-ring (bicyclic) bond motifs is 2. The number of benzene rings is 4. The number of aryl methyl sites for hydroxylation is 2. The van der Waals surface area contributed by atoms with Crippen LogP contribution in [-0.2, 0) is 35.4 Å². The minimum atomic E-state index is 0.309. The monoisotopic (exact) mass is 1080 g/mol. The van der Waals surface area contributed by atoms with Gasteiger partial charge in [0.2, 0.25) is 11.2 Å². The zero-order valence-corrected chi connectivity index (χ0v) is 45.0. The van der Waals surface area contributed by atoms with Gasteiger partial charge in [0.05, 0.1) is 47.6 Å². The van der Waals surface area contributed by atoms with Crippen molar-refractivity contribution in [2.24, 2.45) is 0 Å². The van der Waals surface area contributed by atoms with E-state index in [1.807, 2.05) is 36.0 Å². The highest BCUT2D eigenvalue weighted by molar-refractivity contribution is 8.00. The Labute approximate surface area is 452 Å². The highest BCUT2D eigenvalue weighted by atomic mass is 35.5. The second-order valence-electron chi connectivity index (χ2n) is 18.6. The van der Waals surface area contributed by atoms with Crippen LogP contribution in [0.25, 0.3) is 0 Å². The molecule has 0 unspecified atom stereocenters. The lowest BCUT2D eigenvalue weighted by Crippen LogP contribution is -2.47. The Hall–Kier alpha value is -4.59. The standard InChI is InChI=1S/C27H31ClN6OS.C17H19ClN4OS.C10H13ClN2/c28-21-4-6-23(7-5-21)33-9-11-34(12-10-33)27-30-24-8-17-36-25(24)26(31-27)29-22-3-1-2-20(18-22)19-32-13-15-35-16-14-32;18-17-20-14-4-9-24-15(14)16(21-17)19-13-3-1-2-12(10-13)11-22-5-7-23-8-6-22;11-9-1-3-10(4-2-9)13-7-5-12-6-8-13/h1-7,18H,8-17,19H2,(H,29,30,31);1-3,10H,4-9,11H2,(H,19,20,21);1-4,12H,5-8H2. The first-order chi connectivity index (χ1) is 35.8. The molecule has 6 aliphatic rings. The number of ether oxygens (including phenoxy) is 2. The lowest BCUT2D eigenvalue weighted by Gasteiger charge is -2.36. The number of thioether (sulfide) groups is 2. The molecule has 0 spiro atoms. The average molecular weight is 1080 g/mol. The Bertz CT molecular complexity index is 2740. The maximum Gasteiger partial charge on any atom is 0.227 e. The van der Waals surface area contributed by atoms with E-state index in [1.165, 1.54) is 27.4 Å². The minimum Gasteiger partial charge on any atom is -0.379 e. The molecule has 0 saturated carbocycles. The van der Waals surface area contributed by atoms with Crippen LogP contribution in [0, 0.1) is 0 Å². The quantitative estimate of drug-likeness (QED) is 0.107. The van der Waals surface area contributed by atoms with Gasteiger partial charge in [-0.25, -0.2) is 9.97 Å². The Morgan fingerprint density at radius 3 is 1.49 bits per heavy atom. The van der Waals surface area contributed by atoms with Crippen molar-refractivity contribution in [3.63, 3.8) is 0 Å². The number of rotatable bonds is 11. The number of hydrogen-bond donors (Lipinski definition) is 3. The van der Waals surface area contributed by atoms with E-state index in [2.05, 4.69) is 123 Å². The van der Waals surface area contributed by atoms with Crippen LogP contribution in [0.3, 0.4) is 0 Å². The summed E-state index contributed by atoms with van der Waals surface area (Å²) < 4.78 is 10.9. The third-order valence-electron chi connectivity index (χ3n) is 13.5. The van der Waals surface area contributed by atoms with E-state index in [-0.39, 0.29) is 0 Å². The van der Waals surface area contributed by atoms with E-state index < -0.39 is 0 Å². The first-order valence-corrected chi connectivity index (χ1v) is 28.5. The molecule has 0 bridgehead atoms. The summed E-state index contributed by atoms with van der Waals surface area (Å²) in [7, 11) is 0. The molecule has 19 heteroatoms. The molecule has 4 fully saturated rings. The number of morpholine rings is 2. The normalized spacial score (nSPS) is 18.0. The van der Waals surface area contributed by atoms with Gasteiger partial charge in [-0.05, 0) is 95.5 Å². The van der Waals surface area contributed by atoms with E-state index >= 15 is 0 Å². The van der Waals surface area contributed by atoms with Crippen molar-refractivity contribution in [1.29, 1.82) is 0 Å². The molecule has 73 heavy (non-hydrogen) atoms. The summed E-state index contributed by atoms with van der Waals surface area (Å²) in [4.78, 5) is 33.0. The molecule has 8 heterocycles. The molecule has 384 valence electrons. The Morgan fingerprint density at radius 1 is 0.507 bits per heavy atom. The number of piperazine rings is 2. The molecular weight excluding hydrogens is 1020 g/mol. The zero-order chi connectivity index (χ0) is 49.8. The van der Waals surface area contributed by atoms with Gasteiger partial charge in [0.15, 0.2) is 0 Å². The third-order valence-corrected chi connectivity index (χ3v) is 16.4. The van der Waals surface area contributed by atoms with Gasteiger partial charge in [-0.1, -0.05) is 47.5 Å². The molecule has 12 rings (SSSR count). The van der Waals surface area contributed by atoms with Crippen molar-refractivity contribution in [3.05, 3.63) is 135 Å². The first kappa shape index (κ1) is 51.9. The zero-order valence-electron chi connectivity index (χ0n) is 41.1. The van der Waals surface area contributed by atoms with E-state index in [0.29, 0.717) is 5.28 Å². The predicted octanol–water partition coefficient (Wildman–Crippen LogP) is 9.78. The summed E-state index contributed by atoms with van der Waals surface area (Å²) in [6.07, 6.45) is 1.94. The lowest BCUT2D eigenvalue weighted by molar-refractivity contribution is 0.0341. The van der Waals surface area contributed by atoms with Crippen molar-refractivity contribution in [3.8, 4) is 0 Å². The molecule has 3 N–H and O–H groups in total. The van der Waals surface area contributed by atoms with Crippen LogP contribution >= 0.6 is 58.3 Å². The second kappa shape index (κ2) is 25.8. The van der Waals surface area contributed by atoms with Gasteiger partial charge in [0, 0.05) is 149 Å². The predicted molar refractivity (Wildman–Crippen MR) is 302 cm³/mol. The van der Waals surface area contributed by atoms with Gasteiger partial charge < -0.3 is 40.1 Å². The minimum absolute atomic E-state index is 0.309. The van der Waals surface area contributed by atoms with Gasteiger partial charge in [-0.3, -0.25) is 9.80 Å². The van der Waals surface area contributed by atoms with Crippen LogP contribution in [0.4, 0.5) is 40.3 Å². The summed E-state index contributed by atoms with van der Waals surface area (Å²) in [5.74, 6) is 4.68. The van der Waals surface area contributed by atoms with Crippen molar-refractivity contribution in [1.82, 2.24) is 35.1 Å². The highest BCUT2D eigenvalue weighted by Gasteiger charge is 2.26. The van der Waals surface area contributed by atoms with Gasteiger partial charge >= 0.3 is 0 Å². The molecule has 2 aromatic heterocycles. The number of halogens is 3. The summed E-state index contributed by atoms with van der Waals surface area (Å²) in [6.45, 7) is 17.1. The van der Waals surface area contributed by atoms with Crippen LogP contribution in [0.15, 0.2) is 107 Å². The van der Waals surface area contributed by atoms with Crippen molar-refractivity contribution in [2.75, 3.05) is 142 Å². The van der Waals surface area contributed by atoms with Crippen molar-refractivity contribution in [2.45, 2.75) is 35.7 Å². The fourth-order valence-corrected chi connectivity index (χ4v) is 12.1.